The van der Waals surface area contributed by atoms with Crippen LogP contribution in [0.4, 0.5) is 0 Å². The molecule has 4 nitrogen and oxygen atoms in total. The number of ether oxygens (including phenoxy) is 1. The molecule has 92 valence electrons. The van der Waals surface area contributed by atoms with Crippen LogP contribution in [0.25, 0.3) is 0 Å². The van der Waals surface area contributed by atoms with Gasteiger partial charge >= 0.3 is 0 Å². The topological polar surface area (TPSA) is 41.6 Å². The van der Waals surface area contributed by atoms with E-state index in [-0.39, 0.29) is 12.0 Å². The van der Waals surface area contributed by atoms with Crippen LogP contribution in [0.2, 0.25) is 0 Å². The van der Waals surface area contributed by atoms with E-state index in [0.29, 0.717) is 6.04 Å². The molecule has 2 heterocycles. The van der Waals surface area contributed by atoms with Gasteiger partial charge in [0.2, 0.25) is 5.91 Å². The third-order valence-electron chi connectivity index (χ3n) is 3.64. The van der Waals surface area contributed by atoms with Crippen molar-refractivity contribution < 1.29 is 9.53 Å². The van der Waals surface area contributed by atoms with Crippen LogP contribution in [0.1, 0.15) is 32.6 Å². The molecule has 0 aliphatic carbocycles. The Morgan fingerprint density at radius 2 is 2.31 bits per heavy atom. The number of hydrogen-bond donors (Lipinski definition) is 1. The summed E-state index contributed by atoms with van der Waals surface area (Å²) in [6.45, 7) is 5.97. The van der Waals surface area contributed by atoms with E-state index < -0.39 is 0 Å². The van der Waals surface area contributed by atoms with Gasteiger partial charge in [-0.25, -0.2) is 0 Å². The zero-order chi connectivity index (χ0) is 11.4. The normalized spacial score (nSPS) is 30.8. The molecular weight excluding hydrogens is 204 g/mol. The fourth-order valence-electron chi connectivity index (χ4n) is 2.66. The first-order valence-corrected chi connectivity index (χ1v) is 6.44. The number of nitrogens with zero attached hydrogens (tertiary/aromatic N) is 1. The summed E-state index contributed by atoms with van der Waals surface area (Å²) < 4.78 is 5.36. The van der Waals surface area contributed by atoms with Crippen molar-refractivity contribution in [2.24, 2.45) is 0 Å². The van der Waals surface area contributed by atoms with Gasteiger partial charge in [-0.05, 0) is 38.8 Å². The Morgan fingerprint density at radius 1 is 1.44 bits per heavy atom. The molecule has 0 aromatic rings. The van der Waals surface area contributed by atoms with Crippen molar-refractivity contribution in [3.05, 3.63) is 0 Å². The Morgan fingerprint density at radius 3 is 3.00 bits per heavy atom. The summed E-state index contributed by atoms with van der Waals surface area (Å²) in [5.41, 5.74) is 0. The van der Waals surface area contributed by atoms with Gasteiger partial charge in [0.1, 0.15) is 6.10 Å². The molecule has 0 aromatic carbocycles. The molecule has 0 aromatic heterocycles. The standard InChI is InChI=1S/C12H22N2O2/c1-2-14-7-3-5-10(14)9-13-12(15)11-6-4-8-16-11/h10-11H,2-9H2,1H3,(H,13,15)/t10-,11+/m0/s1. The fourth-order valence-corrected chi connectivity index (χ4v) is 2.66. The molecular formula is C12H22N2O2. The zero-order valence-corrected chi connectivity index (χ0v) is 10.1. The lowest BCUT2D eigenvalue weighted by Crippen LogP contribution is -2.43. The number of carbonyl (C=O) groups excluding carboxylic acids is 1. The summed E-state index contributed by atoms with van der Waals surface area (Å²) in [4.78, 5) is 14.2. The highest BCUT2D eigenvalue weighted by atomic mass is 16.5. The van der Waals surface area contributed by atoms with E-state index in [9.17, 15) is 4.79 Å². The number of hydrogen-bond acceptors (Lipinski definition) is 3. The van der Waals surface area contributed by atoms with Gasteiger partial charge in [-0.3, -0.25) is 9.69 Å². The van der Waals surface area contributed by atoms with Crippen molar-refractivity contribution in [1.82, 2.24) is 10.2 Å². The van der Waals surface area contributed by atoms with Crippen molar-refractivity contribution in [2.75, 3.05) is 26.2 Å². The molecule has 2 fully saturated rings. The summed E-state index contributed by atoms with van der Waals surface area (Å²) in [5.74, 6) is 0.0838. The van der Waals surface area contributed by atoms with E-state index >= 15 is 0 Å². The summed E-state index contributed by atoms with van der Waals surface area (Å²) in [6.07, 6.45) is 4.18. The number of amides is 1. The Labute approximate surface area is 97.3 Å². The Balaban J connectivity index is 1.71. The van der Waals surface area contributed by atoms with Gasteiger partial charge in [-0.15, -0.1) is 0 Å². The predicted molar refractivity (Wildman–Crippen MR) is 62.3 cm³/mol. The minimum absolute atomic E-state index is 0.0838. The molecule has 1 amide bonds. The number of likely N-dealkylation sites (N-methyl/N-ethyl adjacent to an activating group) is 1. The van der Waals surface area contributed by atoms with E-state index in [1.165, 1.54) is 19.4 Å². The fraction of sp³-hybridized carbons (Fsp3) is 0.917. The lowest BCUT2D eigenvalue weighted by atomic mass is 10.2. The lowest BCUT2D eigenvalue weighted by Gasteiger charge is -2.23. The molecule has 2 aliphatic rings. The maximum absolute atomic E-state index is 11.7. The molecule has 0 saturated carbocycles. The first-order chi connectivity index (χ1) is 7.81. The van der Waals surface area contributed by atoms with Crippen LogP contribution in [0, 0.1) is 0 Å². The maximum Gasteiger partial charge on any atom is 0.249 e. The van der Waals surface area contributed by atoms with Gasteiger partial charge in [0.25, 0.3) is 0 Å². The molecule has 1 N–H and O–H groups in total. The van der Waals surface area contributed by atoms with Crippen molar-refractivity contribution in [3.8, 4) is 0 Å². The van der Waals surface area contributed by atoms with E-state index in [1.807, 2.05) is 0 Å². The third kappa shape index (κ3) is 2.74. The number of likely N-dealkylation sites (tertiary alicyclic amines) is 1. The smallest absolute Gasteiger partial charge is 0.249 e. The minimum atomic E-state index is -0.184. The van der Waals surface area contributed by atoms with Crippen LogP contribution in [-0.4, -0.2) is 49.2 Å². The van der Waals surface area contributed by atoms with Crippen molar-refractivity contribution in [1.29, 1.82) is 0 Å². The zero-order valence-electron chi connectivity index (χ0n) is 10.1. The van der Waals surface area contributed by atoms with E-state index in [4.69, 9.17) is 4.74 Å². The van der Waals surface area contributed by atoms with Gasteiger partial charge in [0.15, 0.2) is 0 Å². The van der Waals surface area contributed by atoms with Crippen LogP contribution in [0.5, 0.6) is 0 Å². The quantitative estimate of drug-likeness (QED) is 0.769. The van der Waals surface area contributed by atoms with Gasteiger partial charge in [0, 0.05) is 19.2 Å². The molecule has 16 heavy (non-hydrogen) atoms. The molecule has 2 saturated heterocycles. The molecule has 2 rings (SSSR count). The summed E-state index contributed by atoms with van der Waals surface area (Å²) in [6, 6.07) is 0.537. The largest absolute Gasteiger partial charge is 0.368 e. The highest BCUT2D eigenvalue weighted by Crippen LogP contribution is 2.16. The Hall–Kier alpha value is -0.610. The molecule has 0 spiro atoms. The summed E-state index contributed by atoms with van der Waals surface area (Å²) in [5, 5.41) is 3.03. The SMILES string of the molecule is CCN1CCC[C@H]1CNC(=O)[C@H]1CCCO1. The maximum atomic E-state index is 11.7. The molecule has 2 atom stereocenters. The highest BCUT2D eigenvalue weighted by molar-refractivity contribution is 5.80. The average molecular weight is 226 g/mol. The van der Waals surface area contributed by atoms with Crippen molar-refractivity contribution >= 4 is 5.91 Å². The molecule has 0 radical (unpaired) electrons. The predicted octanol–water partition coefficient (Wildman–Crippen LogP) is 0.766. The number of nitrogens with one attached hydrogen (secondary N) is 1. The van der Waals surface area contributed by atoms with Crippen LogP contribution >= 0.6 is 0 Å². The monoisotopic (exact) mass is 226 g/mol. The first-order valence-electron chi connectivity index (χ1n) is 6.44. The van der Waals surface area contributed by atoms with Crippen molar-refractivity contribution in [3.63, 3.8) is 0 Å². The van der Waals surface area contributed by atoms with Gasteiger partial charge < -0.3 is 10.1 Å². The highest BCUT2D eigenvalue weighted by Gasteiger charge is 2.26. The Bertz CT molecular complexity index is 239. The summed E-state index contributed by atoms with van der Waals surface area (Å²) in [7, 11) is 0. The third-order valence-corrected chi connectivity index (χ3v) is 3.64. The number of carbonyl (C=O) groups is 1. The van der Waals surface area contributed by atoms with Gasteiger partial charge in [-0.1, -0.05) is 6.92 Å². The van der Waals surface area contributed by atoms with E-state index in [2.05, 4.69) is 17.1 Å². The Kier molecular flexibility index (Phi) is 4.18. The van der Waals surface area contributed by atoms with E-state index in [1.54, 1.807) is 0 Å². The first kappa shape index (κ1) is 11.9. The van der Waals surface area contributed by atoms with Crippen LogP contribution in [-0.2, 0) is 9.53 Å². The minimum Gasteiger partial charge on any atom is -0.368 e. The second-order valence-electron chi connectivity index (χ2n) is 4.67. The van der Waals surface area contributed by atoms with Crippen LogP contribution in [0.15, 0.2) is 0 Å². The molecule has 0 bridgehead atoms. The average Bonchev–Trinajstić information content (AvgIpc) is 2.96. The molecule has 0 unspecified atom stereocenters. The second-order valence-corrected chi connectivity index (χ2v) is 4.67. The number of rotatable bonds is 4. The van der Waals surface area contributed by atoms with Crippen LogP contribution < -0.4 is 5.32 Å². The van der Waals surface area contributed by atoms with Crippen LogP contribution in [0.3, 0.4) is 0 Å². The van der Waals surface area contributed by atoms with Gasteiger partial charge in [0.05, 0.1) is 0 Å². The summed E-state index contributed by atoms with van der Waals surface area (Å²) >= 11 is 0. The second kappa shape index (κ2) is 5.64. The molecule has 4 heteroatoms. The van der Waals surface area contributed by atoms with E-state index in [0.717, 1.165) is 32.5 Å². The molecule has 2 aliphatic heterocycles. The lowest BCUT2D eigenvalue weighted by molar-refractivity contribution is -0.130. The van der Waals surface area contributed by atoms with Gasteiger partial charge in [-0.2, -0.15) is 0 Å². The van der Waals surface area contributed by atoms with Crippen molar-refractivity contribution in [2.45, 2.75) is 44.8 Å².